The molecule has 21 heavy (non-hydrogen) atoms. The zero-order valence-corrected chi connectivity index (χ0v) is 12.6. The third kappa shape index (κ3) is 2.15. The van der Waals surface area contributed by atoms with Crippen LogP contribution in [0.5, 0.6) is 5.75 Å². The van der Waals surface area contributed by atoms with Gasteiger partial charge in [0, 0.05) is 10.8 Å². The van der Waals surface area contributed by atoms with Crippen molar-refractivity contribution in [2.75, 3.05) is 7.11 Å². The highest BCUT2D eigenvalue weighted by molar-refractivity contribution is 6.04. The Morgan fingerprint density at radius 1 is 1.38 bits per heavy atom. The third-order valence-corrected chi connectivity index (χ3v) is 4.38. The fourth-order valence-corrected chi connectivity index (χ4v) is 3.28. The number of hydrogen-bond donors (Lipinski definition) is 1. The highest BCUT2D eigenvalue weighted by atomic mass is 16.5. The fraction of sp³-hybridized carbons (Fsp3) is 0.412. The molecule has 0 fully saturated rings. The summed E-state index contributed by atoms with van der Waals surface area (Å²) in [5, 5.41) is 10.4. The van der Waals surface area contributed by atoms with E-state index in [-0.39, 0.29) is 5.41 Å². The summed E-state index contributed by atoms with van der Waals surface area (Å²) in [6, 6.07) is 5.43. The van der Waals surface area contributed by atoms with Gasteiger partial charge in [0.1, 0.15) is 5.75 Å². The minimum atomic E-state index is -0.885. The number of nitrogens with zero attached hydrogens (tertiary/aromatic N) is 1. The highest BCUT2D eigenvalue weighted by Crippen LogP contribution is 2.39. The number of fused-ring (bicyclic) bond motifs is 2. The Bertz CT molecular complexity index is 734. The molecule has 1 N–H and O–H groups in total. The zero-order chi connectivity index (χ0) is 15.2. The number of pyridine rings is 1. The van der Waals surface area contributed by atoms with Crippen molar-refractivity contribution in [3.8, 4) is 5.75 Å². The molecule has 4 heteroatoms. The number of benzene rings is 1. The SMILES string of the molecule is COc1ccc2nc3c(c(C(=O)O)c2c1)CCCC3(C)C. The smallest absolute Gasteiger partial charge is 0.336 e. The number of ether oxygens (including phenoxy) is 1. The molecule has 110 valence electrons. The van der Waals surface area contributed by atoms with E-state index in [4.69, 9.17) is 9.72 Å². The summed E-state index contributed by atoms with van der Waals surface area (Å²) >= 11 is 0. The van der Waals surface area contributed by atoms with Crippen molar-refractivity contribution in [3.05, 3.63) is 35.0 Å². The first kappa shape index (κ1) is 13.9. The molecule has 0 aliphatic heterocycles. The summed E-state index contributed by atoms with van der Waals surface area (Å²) < 4.78 is 5.22. The lowest BCUT2D eigenvalue weighted by atomic mass is 9.74. The maximum absolute atomic E-state index is 11.8. The predicted octanol–water partition coefficient (Wildman–Crippen LogP) is 3.56. The topological polar surface area (TPSA) is 59.4 Å². The van der Waals surface area contributed by atoms with Crippen LogP contribution >= 0.6 is 0 Å². The van der Waals surface area contributed by atoms with Gasteiger partial charge in [-0.1, -0.05) is 13.8 Å². The van der Waals surface area contributed by atoms with Crippen molar-refractivity contribution in [1.82, 2.24) is 4.98 Å². The summed E-state index contributed by atoms with van der Waals surface area (Å²) in [7, 11) is 1.58. The van der Waals surface area contributed by atoms with Crippen LogP contribution in [0.2, 0.25) is 0 Å². The van der Waals surface area contributed by atoms with Gasteiger partial charge in [-0.3, -0.25) is 4.98 Å². The molecule has 1 aliphatic carbocycles. The molecule has 4 nitrogen and oxygen atoms in total. The summed E-state index contributed by atoms with van der Waals surface area (Å²) in [5.41, 5.74) is 2.86. The molecule has 1 aromatic heterocycles. The quantitative estimate of drug-likeness (QED) is 0.916. The minimum absolute atomic E-state index is 0.0775. The van der Waals surface area contributed by atoms with Crippen LogP contribution in [0.1, 0.15) is 48.3 Å². The number of aromatic nitrogens is 1. The number of rotatable bonds is 2. The Morgan fingerprint density at radius 2 is 2.14 bits per heavy atom. The lowest BCUT2D eigenvalue weighted by Crippen LogP contribution is -2.27. The second-order valence-electron chi connectivity index (χ2n) is 6.24. The van der Waals surface area contributed by atoms with E-state index in [1.807, 2.05) is 12.1 Å². The summed E-state index contributed by atoms with van der Waals surface area (Å²) in [6.07, 6.45) is 2.81. The molecule has 3 rings (SSSR count). The summed E-state index contributed by atoms with van der Waals surface area (Å²) in [6.45, 7) is 4.28. The van der Waals surface area contributed by atoms with Gasteiger partial charge in [-0.2, -0.15) is 0 Å². The van der Waals surface area contributed by atoms with Crippen molar-refractivity contribution in [2.24, 2.45) is 0 Å². The number of carboxylic acid groups (broad SMARTS) is 1. The lowest BCUT2D eigenvalue weighted by Gasteiger charge is -2.32. The van der Waals surface area contributed by atoms with Crippen molar-refractivity contribution in [2.45, 2.75) is 38.5 Å². The Balaban J connectivity index is 2.41. The number of carboxylic acids is 1. The first-order valence-corrected chi connectivity index (χ1v) is 7.18. The molecule has 1 aliphatic rings. The summed E-state index contributed by atoms with van der Waals surface area (Å²) in [5.74, 6) is -0.230. The Morgan fingerprint density at radius 3 is 2.81 bits per heavy atom. The van der Waals surface area contributed by atoms with E-state index in [1.54, 1.807) is 13.2 Å². The van der Waals surface area contributed by atoms with Crippen LogP contribution in [-0.4, -0.2) is 23.2 Å². The molecule has 2 aromatic rings. The minimum Gasteiger partial charge on any atom is -0.497 e. The van der Waals surface area contributed by atoms with Crippen molar-refractivity contribution in [1.29, 1.82) is 0 Å². The van der Waals surface area contributed by atoms with Gasteiger partial charge in [-0.15, -0.1) is 0 Å². The fourth-order valence-electron chi connectivity index (χ4n) is 3.28. The van der Waals surface area contributed by atoms with E-state index in [2.05, 4.69) is 13.8 Å². The Labute approximate surface area is 123 Å². The number of hydrogen-bond acceptors (Lipinski definition) is 3. The molecule has 0 amide bonds. The van der Waals surface area contributed by atoms with E-state index < -0.39 is 5.97 Å². The monoisotopic (exact) mass is 285 g/mol. The average molecular weight is 285 g/mol. The van der Waals surface area contributed by atoms with E-state index in [1.165, 1.54) is 0 Å². The maximum atomic E-state index is 11.8. The van der Waals surface area contributed by atoms with E-state index in [9.17, 15) is 9.90 Å². The van der Waals surface area contributed by atoms with Crippen LogP contribution in [0.25, 0.3) is 10.9 Å². The molecule has 1 heterocycles. The van der Waals surface area contributed by atoms with Crippen molar-refractivity contribution >= 4 is 16.9 Å². The molecule has 0 spiro atoms. The van der Waals surface area contributed by atoms with E-state index in [0.717, 1.165) is 36.0 Å². The van der Waals surface area contributed by atoms with Gasteiger partial charge < -0.3 is 9.84 Å². The van der Waals surface area contributed by atoms with Gasteiger partial charge in [0.15, 0.2) is 0 Å². The first-order valence-electron chi connectivity index (χ1n) is 7.18. The Hall–Kier alpha value is -2.10. The van der Waals surface area contributed by atoms with Gasteiger partial charge in [-0.25, -0.2) is 4.79 Å². The van der Waals surface area contributed by atoms with Crippen LogP contribution < -0.4 is 4.74 Å². The number of carbonyl (C=O) groups is 1. The van der Waals surface area contributed by atoms with Crippen molar-refractivity contribution in [3.63, 3.8) is 0 Å². The first-order chi connectivity index (χ1) is 9.94. The largest absolute Gasteiger partial charge is 0.497 e. The Kier molecular flexibility index (Phi) is 3.12. The van der Waals surface area contributed by atoms with Gasteiger partial charge in [-0.05, 0) is 43.0 Å². The van der Waals surface area contributed by atoms with Gasteiger partial charge in [0.05, 0.1) is 23.9 Å². The van der Waals surface area contributed by atoms with Crippen molar-refractivity contribution < 1.29 is 14.6 Å². The molecular weight excluding hydrogens is 266 g/mol. The van der Waals surface area contributed by atoms with Crippen LogP contribution in [0.3, 0.4) is 0 Å². The molecule has 1 aromatic carbocycles. The van der Waals surface area contributed by atoms with Gasteiger partial charge in [0.25, 0.3) is 0 Å². The molecule has 0 bridgehead atoms. The van der Waals surface area contributed by atoms with Crippen LogP contribution in [-0.2, 0) is 11.8 Å². The van der Waals surface area contributed by atoms with Gasteiger partial charge in [0.2, 0.25) is 0 Å². The van der Waals surface area contributed by atoms with Gasteiger partial charge >= 0.3 is 5.97 Å². The second-order valence-corrected chi connectivity index (χ2v) is 6.24. The predicted molar refractivity (Wildman–Crippen MR) is 81.2 cm³/mol. The van der Waals surface area contributed by atoms with E-state index in [0.29, 0.717) is 16.7 Å². The molecular formula is C17H19NO3. The summed E-state index contributed by atoms with van der Waals surface area (Å²) in [4.78, 5) is 16.6. The molecule has 0 unspecified atom stereocenters. The number of methoxy groups -OCH3 is 1. The van der Waals surface area contributed by atoms with Crippen LogP contribution in [0, 0.1) is 0 Å². The molecule has 0 atom stereocenters. The highest BCUT2D eigenvalue weighted by Gasteiger charge is 2.33. The third-order valence-electron chi connectivity index (χ3n) is 4.38. The lowest BCUT2D eigenvalue weighted by molar-refractivity contribution is 0.0697. The molecule has 0 saturated carbocycles. The zero-order valence-electron chi connectivity index (χ0n) is 12.6. The van der Waals surface area contributed by atoms with E-state index >= 15 is 0 Å². The second kappa shape index (κ2) is 4.72. The standard InChI is InChI=1S/C17H19NO3/c1-17(2)8-4-5-11-14(16(19)20)12-9-10(21-3)6-7-13(12)18-15(11)17/h6-7,9H,4-5,8H2,1-3H3,(H,19,20). The van der Waals surface area contributed by atoms with Crippen LogP contribution in [0.4, 0.5) is 0 Å². The molecule has 0 saturated heterocycles. The van der Waals surface area contributed by atoms with Crippen LogP contribution in [0.15, 0.2) is 18.2 Å². The number of aromatic carboxylic acids is 1. The normalized spacial score (nSPS) is 16.5. The maximum Gasteiger partial charge on any atom is 0.336 e. The molecule has 0 radical (unpaired) electrons. The average Bonchev–Trinajstić information content (AvgIpc) is 2.44.